The van der Waals surface area contributed by atoms with Gasteiger partial charge in [-0.2, -0.15) is 9.97 Å². The van der Waals surface area contributed by atoms with Gasteiger partial charge in [0, 0.05) is 0 Å². The fraction of sp³-hybridized carbons (Fsp3) is 0.455. The summed E-state index contributed by atoms with van der Waals surface area (Å²) < 4.78 is -3.15. The number of nitrogens with two attached hydrogens (primary N) is 1. The zero-order chi connectivity index (χ0) is 24.0. The van der Waals surface area contributed by atoms with E-state index in [0.29, 0.717) is 0 Å². The quantitative estimate of drug-likeness (QED) is 0.294. The fourth-order valence-corrected chi connectivity index (χ4v) is 2.62. The van der Waals surface area contributed by atoms with Crippen LogP contribution >= 0.6 is 139 Å². The molecule has 31 heavy (non-hydrogen) atoms. The SMILES string of the molecule is NC(Oc1nc(C(Cl)(Cl)Cl)nc(C(Cl)(Cl)Cl)n1)c1nc(C(Cl)(Cl)Cl)nc(C(Cl)(Cl)Cl)n1. The summed E-state index contributed by atoms with van der Waals surface area (Å²) in [6.45, 7) is 0. The smallest absolute Gasteiger partial charge is 0.322 e. The van der Waals surface area contributed by atoms with Gasteiger partial charge in [-0.25, -0.2) is 19.9 Å². The monoisotopic (exact) mass is 669 g/mol. The Bertz CT molecular complexity index is 887. The maximum Gasteiger partial charge on any atom is 0.322 e. The third-order valence-electron chi connectivity index (χ3n) is 2.77. The lowest BCUT2D eigenvalue weighted by Crippen LogP contribution is -2.27. The van der Waals surface area contributed by atoms with Crippen LogP contribution in [0.4, 0.5) is 0 Å². The lowest BCUT2D eigenvalue weighted by atomic mass is 10.5. The second kappa shape index (κ2) is 10.1. The van der Waals surface area contributed by atoms with Gasteiger partial charge >= 0.3 is 6.01 Å². The fourth-order valence-electron chi connectivity index (χ4n) is 1.60. The van der Waals surface area contributed by atoms with E-state index in [9.17, 15) is 0 Å². The van der Waals surface area contributed by atoms with E-state index in [1.165, 1.54) is 0 Å². The Morgan fingerprint density at radius 1 is 0.516 bits per heavy atom. The van der Waals surface area contributed by atoms with E-state index in [-0.39, 0.29) is 5.82 Å². The summed E-state index contributed by atoms with van der Waals surface area (Å²) in [5, 5.41) is 0. The van der Waals surface area contributed by atoms with Crippen LogP contribution in [0.5, 0.6) is 6.01 Å². The number of nitrogens with zero attached hydrogens (tertiary/aromatic N) is 6. The standard InChI is InChI=1S/C11H3Cl12N7O/c12-8(13,14)3-25-2(26-4(27-3)9(15,16)17)1(24)31-7-29-5(10(18,19)20)28-6(30-7)11(21,22)23/h1H,24H2. The third-order valence-corrected chi connectivity index (χ3v) is 4.80. The maximum atomic E-state index is 5.94. The van der Waals surface area contributed by atoms with Gasteiger partial charge < -0.3 is 4.74 Å². The molecule has 0 saturated heterocycles. The van der Waals surface area contributed by atoms with Crippen molar-refractivity contribution in [3.63, 3.8) is 0 Å². The lowest BCUT2D eigenvalue weighted by molar-refractivity contribution is 0.182. The van der Waals surface area contributed by atoms with E-state index in [4.69, 9.17) is 150 Å². The molecule has 2 rings (SSSR count). The van der Waals surface area contributed by atoms with Crippen LogP contribution in [0.1, 0.15) is 35.3 Å². The highest BCUT2D eigenvalue weighted by Crippen LogP contribution is 2.42. The zero-order valence-corrected chi connectivity index (χ0v) is 22.9. The van der Waals surface area contributed by atoms with Crippen molar-refractivity contribution in [2.45, 2.75) is 21.4 Å². The van der Waals surface area contributed by atoms with Gasteiger partial charge in [0.1, 0.15) is 0 Å². The minimum absolute atomic E-state index is 0.344. The third kappa shape index (κ3) is 8.16. The Balaban J connectivity index is 2.53. The molecular weight excluding hydrogens is 672 g/mol. The molecule has 2 aromatic rings. The van der Waals surface area contributed by atoms with Crippen LogP contribution in [0, 0.1) is 0 Å². The molecule has 0 aliphatic heterocycles. The number of hydrogen-bond acceptors (Lipinski definition) is 8. The summed E-state index contributed by atoms with van der Waals surface area (Å²) in [5.41, 5.74) is 5.94. The first-order chi connectivity index (χ1) is 13.8. The molecule has 172 valence electrons. The second-order valence-electron chi connectivity index (χ2n) is 5.14. The molecule has 0 saturated carbocycles. The summed E-state index contributed by atoms with van der Waals surface area (Å²) in [5.74, 6) is -2.04. The van der Waals surface area contributed by atoms with Gasteiger partial charge in [-0.3, -0.25) is 5.73 Å². The first-order valence-electron chi connectivity index (χ1n) is 7.01. The molecule has 1 unspecified atom stereocenters. The topological polar surface area (TPSA) is 113 Å². The van der Waals surface area contributed by atoms with Crippen molar-refractivity contribution in [3.8, 4) is 6.01 Å². The van der Waals surface area contributed by atoms with Gasteiger partial charge in [-0.15, -0.1) is 0 Å². The van der Waals surface area contributed by atoms with Crippen molar-refractivity contribution in [2.24, 2.45) is 5.73 Å². The highest BCUT2D eigenvalue weighted by molar-refractivity contribution is 6.68. The average Bonchev–Trinajstić information content (AvgIpc) is 2.58. The van der Waals surface area contributed by atoms with Gasteiger partial charge in [-0.1, -0.05) is 139 Å². The van der Waals surface area contributed by atoms with Crippen LogP contribution < -0.4 is 10.5 Å². The van der Waals surface area contributed by atoms with Gasteiger partial charge in [0.05, 0.1) is 0 Å². The summed E-state index contributed by atoms with van der Waals surface area (Å²) in [4.78, 5) is 22.9. The summed E-state index contributed by atoms with van der Waals surface area (Å²) in [7, 11) is 0. The summed E-state index contributed by atoms with van der Waals surface area (Å²) >= 11 is 69.6. The van der Waals surface area contributed by atoms with Crippen molar-refractivity contribution in [1.82, 2.24) is 29.9 Å². The molecule has 20 heteroatoms. The Kier molecular flexibility index (Phi) is 9.28. The number of alkyl halides is 12. The highest BCUT2D eigenvalue weighted by atomic mass is 35.6. The molecule has 2 heterocycles. The van der Waals surface area contributed by atoms with Gasteiger partial charge in [0.2, 0.25) is 21.4 Å². The minimum Gasteiger partial charge on any atom is -0.437 e. The molecule has 0 fully saturated rings. The van der Waals surface area contributed by atoms with Crippen molar-refractivity contribution in [3.05, 3.63) is 29.1 Å². The maximum absolute atomic E-state index is 5.94. The minimum atomic E-state index is -2.13. The van der Waals surface area contributed by atoms with Crippen molar-refractivity contribution < 1.29 is 4.74 Å². The molecule has 0 radical (unpaired) electrons. The van der Waals surface area contributed by atoms with E-state index in [1.54, 1.807) is 0 Å². The number of hydrogen-bond donors (Lipinski definition) is 1. The molecule has 0 aromatic carbocycles. The molecule has 0 bridgehead atoms. The summed E-state index contributed by atoms with van der Waals surface area (Å²) in [6, 6.07) is -0.531. The van der Waals surface area contributed by atoms with Crippen LogP contribution in [-0.2, 0) is 15.2 Å². The molecule has 2 N–H and O–H groups in total. The highest BCUT2D eigenvalue weighted by Gasteiger charge is 2.37. The van der Waals surface area contributed by atoms with Crippen LogP contribution in [-0.4, -0.2) is 29.9 Å². The molecule has 8 nitrogen and oxygen atoms in total. The molecule has 0 aliphatic rings. The summed E-state index contributed by atoms with van der Waals surface area (Å²) in [6.07, 6.45) is -1.55. The number of aromatic nitrogens is 6. The number of ether oxygens (including phenoxy) is 1. The first-order valence-corrected chi connectivity index (χ1v) is 11.5. The van der Waals surface area contributed by atoms with Gasteiger partial charge in [-0.05, 0) is 0 Å². The molecule has 2 aromatic heterocycles. The Morgan fingerprint density at radius 2 is 0.806 bits per heavy atom. The van der Waals surface area contributed by atoms with E-state index in [0.717, 1.165) is 0 Å². The van der Waals surface area contributed by atoms with E-state index in [2.05, 4.69) is 29.9 Å². The van der Waals surface area contributed by atoms with Crippen molar-refractivity contribution in [1.29, 1.82) is 0 Å². The molecule has 0 aliphatic carbocycles. The Hall–Kier alpha value is 1.26. The molecular formula is C11H3Cl12N7O. The van der Waals surface area contributed by atoms with Crippen LogP contribution in [0.15, 0.2) is 0 Å². The largest absolute Gasteiger partial charge is 0.437 e. The van der Waals surface area contributed by atoms with Crippen LogP contribution in [0.25, 0.3) is 0 Å². The lowest BCUT2D eigenvalue weighted by Gasteiger charge is -2.19. The Labute approximate surface area is 234 Å². The second-order valence-corrected chi connectivity index (χ2v) is 14.3. The van der Waals surface area contributed by atoms with Gasteiger partial charge in [0.15, 0.2) is 29.1 Å². The zero-order valence-electron chi connectivity index (χ0n) is 13.8. The predicted molar refractivity (Wildman–Crippen MR) is 124 cm³/mol. The van der Waals surface area contributed by atoms with Crippen molar-refractivity contribution >= 4 is 139 Å². The first kappa shape index (κ1) is 28.5. The van der Waals surface area contributed by atoms with E-state index >= 15 is 0 Å². The van der Waals surface area contributed by atoms with E-state index < -0.39 is 50.7 Å². The normalized spacial score (nSPS) is 14.5. The molecule has 0 spiro atoms. The number of rotatable bonds is 3. The molecule has 0 amide bonds. The van der Waals surface area contributed by atoms with Gasteiger partial charge in [0.25, 0.3) is 0 Å². The van der Waals surface area contributed by atoms with Crippen LogP contribution in [0.3, 0.4) is 0 Å². The van der Waals surface area contributed by atoms with Crippen LogP contribution in [0.2, 0.25) is 0 Å². The number of halogens is 12. The Morgan fingerprint density at radius 3 is 1.10 bits per heavy atom. The van der Waals surface area contributed by atoms with E-state index in [1.807, 2.05) is 0 Å². The van der Waals surface area contributed by atoms with Crippen molar-refractivity contribution in [2.75, 3.05) is 0 Å². The molecule has 1 atom stereocenters. The predicted octanol–water partition coefficient (Wildman–Crippen LogP) is 6.40. The average molecular weight is 675 g/mol.